The summed E-state index contributed by atoms with van der Waals surface area (Å²) in [5, 5.41) is 3.31. The Balaban J connectivity index is 1.42. The molecule has 2 aromatic rings. The number of nitrogens with one attached hydrogen (secondary N) is 1. The fourth-order valence-corrected chi connectivity index (χ4v) is 5.50. The van der Waals surface area contributed by atoms with E-state index in [4.69, 9.17) is 0 Å². The summed E-state index contributed by atoms with van der Waals surface area (Å²) in [4.78, 5) is 17.8. The van der Waals surface area contributed by atoms with Gasteiger partial charge < -0.3 is 10.2 Å². The van der Waals surface area contributed by atoms with E-state index in [0.717, 1.165) is 43.7 Å². The van der Waals surface area contributed by atoms with Crippen molar-refractivity contribution in [2.75, 3.05) is 37.7 Å². The van der Waals surface area contributed by atoms with Crippen molar-refractivity contribution in [3.05, 3.63) is 71.8 Å². The Morgan fingerprint density at radius 2 is 1.48 bits per heavy atom. The van der Waals surface area contributed by atoms with E-state index in [1.807, 2.05) is 41.3 Å². The highest BCUT2D eigenvalue weighted by Crippen LogP contribution is 2.24. The van der Waals surface area contributed by atoms with Crippen LogP contribution in [0.25, 0.3) is 0 Å². The molecule has 2 aliphatic heterocycles. The summed E-state index contributed by atoms with van der Waals surface area (Å²) in [5.74, 6) is 2.56. The molecule has 2 aliphatic rings. The summed E-state index contributed by atoms with van der Waals surface area (Å²) in [5.41, 5.74) is 2.23. The number of rotatable bonds is 4. The van der Waals surface area contributed by atoms with Crippen LogP contribution >= 0.6 is 11.8 Å². The van der Waals surface area contributed by atoms with Crippen LogP contribution in [0.2, 0.25) is 0 Å². The molecule has 0 bridgehead atoms. The Morgan fingerprint density at radius 3 is 2.10 bits per heavy atom. The van der Waals surface area contributed by atoms with E-state index in [1.165, 1.54) is 24.3 Å². The van der Waals surface area contributed by atoms with Gasteiger partial charge in [-0.1, -0.05) is 60.7 Å². The third-order valence-electron chi connectivity index (χ3n) is 6.06. The second-order valence-electron chi connectivity index (χ2n) is 7.92. The van der Waals surface area contributed by atoms with Crippen LogP contribution in [0.5, 0.6) is 0 Å². The third kappa shape index (κ3) is 5.34. The van der Waals surface area contributed by atoms with Gasteiger partial charge in [-0.05, 0) is 41.9 Å². The minimum absolute atomic E-state index is 0.0451. The zero-order valence-corrected chi connectivity index (χ0v) is 17.8. The summed E-state index contributed by atoms with van der Waals surface area (Å²) in [6.45, 7) is 3.75. The molecule has 0 saturated carbocycles. The molecule has 2 aromatic carbocycles. The summed E-state index contributed by atoms with van der Waals surface area (Å²) >= 11 is 2.07. The minimum Gasteiger partial charge on any atom is -0.327 e. The molecule has 2 amide bonds. The first-order valence-electron chi connectivity index (χ1n) is 10.8. The normalized spacial score (nSPS) is 19.1. The molecule has 0 spiro atoms. The first-order chi connectivity index (χ1) is 14.3. The quantitative estimate of drug-likeness (QED) is 0.814. The van der Waals surface area contributed by atoms with Crippen LogP contribution in [-0.4, -0.2) is 59.6 Å². The zero-order valence-electron chi connectivity index (χ0n) is 17.0. The number of carbonyl (C=O) groups excluding carboxylic acids is 1. The molecule has 4 rings (SSSR count). The van der Waals surface area contributed by atoms with E-state index in [9.17, 15) is 4.79 Å². The maximum Gasteiger partial charge on any atom is 0.318 e. The van der Waals surface area contributed by atoms with Crippen LogP contribution in [0, 0.1) is 0 Å². The molecule has 1 N–H and O–H groups in total. The molecule has 0 unspecified atom stereocenters. The van der Waals surface area contributed by atoms with Gasteiger partial charge in [0.05, 0.1) is 6.04 Å². The lowest BCUT2D eigenvalue weighted by atomic mass is 9.99. The van der Waals surface area contributed by atoms with Crippen molar-refractivity contribution in [3.63, 3.8) is 0 Å². The zero-order chi connectivity index (χ0) is 19.9. The average Bonchev–Trinajstić information content (AvgIpc) is 3.06. The van der Waals surface area contributed by atoms with Crippen LogP contribution in [0.1, 0.15) is 36.4 Å². The van der Waals surface area contributed by atoms with E-state index in [0.29, 0.717) is 6.04 Å². The number of hydrogen-bond acceptors (Lipinski definition) is 3. The summed E-state index contributed by atoms with van der Waals surface area (Å²) in [6, 6.07) is 21.1. The first kappa shape index (κ1) is 20.3. The molecule has 154 valence electrons. The molecule has 29 heavy (non-hydrogen) atoms. The van der Waals surface area contributed by atoms with Crippen LogP contribution in [0.4, 0.5) is 4.79 Å². The fourth-order valence-electron chi connectivity index (χ4n) is 4.42. The minimum atomic E-state index is -0.125. The van der Waals surface area contributed by atoms with Gasteiger partial charge in [-0.15, -0.1) is 0 Å². The molecule has 0 aromatic heterocycles. The summed E-state index contributed by atoms with van der Waals surface area (Å²) in [7, 11) is 0. The van der Waals surface area contributed by atoms with Crippen LogP contribution in [-0.2, 0) is 0 Å². The number of nitrogens with zero attached hydrogens (tertiary/aromatic N) is 2. The second kappa shape index (κ2) is 10.2. The van der Waals surface area contributed by atoms with Gasteiger partial charge in [0.25, 0.3) is 0 Å². The highest BCUT2D eigenvalue weighted by molar-refractivity contribution is 7.99. The van der Waals surface area contributed by atoms with E-state index >= 15 is 0 Å². The average molecular weight is 410 g/mol. The molecular formula is C24H31N3OS. The number of amides is 2. The van der Waals surface area contributed by atoms with Crippen LogP contribution in [0.15, 0.2) is 60.7 Å². The van der Waals surface area contributed by atoms with Crippen molar-refractivity contribution in [2.45, 2.75) is 31.3 Å². The Hall–Kier alpha value is -1.98. The van der Waals surface area contributed by atoms with Gasteiger partial charge in [0, 0.05) is 32.2 Å². The van der Waals surface area contributed by atoms with Crippen molar-refractivity contribution in [2.24, 2.45) is 0 Å². The van der Waals surface area contributed by atoms with Crippen molar-refractivity contribution < 1.29 is 4.79 Å². The molecule has 2 fully saturated rings. The van der Waals surface area contributed by atoms with E-state index in [2.05, 4.69) is 46.2 Å². The van der Waals surface area contributed by atoms with Gasteiger partial charge in [-0.3, -0.25) is 4.90 Å². The van der Waals surface area contributed by atoms with Crippen molar-refractivity contribution in [1.29, 1.82) is 0 Å². The van der Waals surface area contributed by atoms with Gasteiger partial charge in [-0.2, -0.15) is 11.8 Å². The number of carbonyl (C=O) groups is 1. The molecular weight excluding hydrogens is 378 g/mol. The largest absolute Gasteiger partial charge is 0.327 e. The summed E-state index contributed by atoms with van der Waals surface area (Å²) in [6.07, 6.45) is 3.64. The topological polar surface area (TPSA) is 35.6 Å². The molecule has 2 saturated heterocycles. The number of thioether (sulfide) groups is 1. The number of benzene rings is 2. The highest BCUT2D eigenvalue weighted by Gasteiger charge is 2.26. The molecule has 5 heteroatoms. The highest BCUT2D eigenvalue weighted by atomic mass is 32.2. The second-order valence-corrected chi connectivity index (χ2v) is 9.15. The van der Waals surface area contributed by atoms with E-state index in [1.54, 1.807) is 0 Å². The lowest BCUT2D eigenvalue weighted by molar-refractivity contribution is 0.180. The van der Waals surface area contributed by atoms with Gasteiger partial charge in [-0.25, -0.2) is 4.79 Å². The van der Waals surface area contributed by atoms with Gasteiger partial charge in [0.15, 0.2) is 0 Å². The number of urea groups is 1. The smallest absolute Gasteiger partial charge is 0.318 e. The van der Waals surface area contributed by atoms with Gasteiger partial charge in [0.2, 0.25) is 0 Å². The molecule has 4 nitrogen and oxygen atoms in total. The third-order valence-corrected chi connectivity index (χ3v) is 7.11. The Morgan fingerprint density at radius 1 is 0.862 bits per heavy atom. The molecule has 0 radical (unpaired) electrons. The van der Waals surface area contributed by atoms with Gasteiger partial charge >= 0.3 is 6.03 Å². The van der Waals surface area contributed by atoms with E-state index in [-0.39, 0.29) is 12.1 Å². The fraction of sp³-hybridized carbons (Fsp3) is 0.458. The SMILES string of the molecule is O=C(NC(c1ccccc1)c1ccccc1)N1CCCN(C2CCSCC2)CC1. The van der Waals surface area contributed by atoms with E-state index < -0.39 is 0 Å². The Kier molecular flexibility index (Phi) is 7.12. The molecule has 0 aliphatic carbocycles. The van der Waals surface area contributed by atoms with Crippen LogP contribution < -0.4 is 5.32 Å². The Bertz CT molecular complexity index is 725. The predicted octanol–water partition coefficient (Wildman–Crippen LogP) is 4.39. The predicted molar refractivity (Wildman–Crippen MR) is 121 cm³/mol. The first-order valence-corrected chi connectivity index (χ1v) is 11.9. The lowest BCUT2D eigenvalue weighted by Gasteiger charge is -2.33. The maximum absolute atomic E-state index is 13.2. The number of hydrogen-bond donors (Lipinski definition) is 1. The maximum atomic E-state index is 13.2. The lowest BCUT2D eigenvalue weighted by Crippen LogP contribution is -2.45. The van der Waals surface area contributed by atoms with Crippen molar-refractivity contribution in [3.8, 4) is 0 Å². The Labute approximate surface area is 178 Å². The monoisotopic (exact) mass is 409 g/mol. The molecule has 0 atom stereocenters. The molecule has 2 heterocycles. The van der Waals surface area contributed by atoms with Gasteiger partial charge in [0.1, 0.15) is 0 Å². The van der Waals surface area contributed by atoms with Crippen molar-refractivity contribution >= 4 is 17.8 Å². The standard InChI is InChI=1S/C24H31N3OS/c28-24(27-15-7-14-26(16-17-27)22-12-18-29-19-13-22)25-23(20-8-3-1-4-9-20)21-10-5-2-6-11-21/h1-6,8-11,22-23H,7,12-19H2,(H,25,28). The van der Waals surface area contributed by atoms with Crippen LogP contribution in [0.3, 0.4) is 0 Å². The van der Waals surface area contributed by atoms with Crippen molar-refractivity contribution in [1.82, 2.24) is 15.1 Å². The summed E-state index contributed by atoms with van der Waals surface area (Å²) < 4.78 is 0.